The fraction of sp³-hybridized carbons (Fsp3) is 0.500. The number of anilines is 1. The topological polar surface area (TPSA) is 58.4 Å². The van der Waals surface area contributed by atoms with Gasteiger partial charge in [0.15, 0.2) is 0 Å². The lowest BCUT2D eigenvalue weighted by atomic mass is 9.97. The first-order valence-corrected chi connectivity index (χ1v) is 7.32. The van der Waals surface area contributed by atoms with E-state index in [9.17, 15) is 18.0 Å². The minimum atomic E-state index is -4.56. The number of carbonyl (C=O) groups is 1. The summed E-state index contributed by atoms with van der Waals surface area (Å²) in [5.74, 6) is 0.399. The molecule has 122 valence electrons. The number of hydrogen-bond donors (Lipinski definition) is 2. The van der Waals surface area contributed by atoms with E-state index in [1.807, 2.05) is 0 Å². The van der Waals surface area contributed by atoms with Gasteiger partial charge in [-0.1, -0.05) is 11.6 Å². The Kier molecular flexibility index (Phi) is 5.18. The van der Waals surface area contributed by atoms with E-state index in [1.165, 1.54) is 6.07 Å². The van der Waals surface area contributed by atoms with Crippen LogP contribution in [0.25, 0.3) is 0 Å². The van der Waals surface area contributed by atoms with E-state index < -0.39 is 22.8 Å². The first-order valence-electron chi connectivity index (χ1n) is 6.94. The number of likely N-dealkylation sites (tertiary alicyclic amines) is 1. The zero-order chi connectivity index (χ0) is 16.3. The number of alkyl halides is 3. The maximum atomic E-state index is 12.8. The summed E-state index contributed by atoms with van der Waals surface area (Å²) >= 11 is 5.54. The first kappa shape index (κ1) is 16.9. The zero-order valence-electron chi connectivity index (χ0n) is 11.8. The van der Waals surface area contributed by atoms with E-state index in [4.69, 9.17) is 17.3 Å². The van der Waals surface area contributed by atoms with Gasteiger partial charge in [-0.25, -0.2) is 4.79 Å². The van der Waals surface area contributed by atoms with Gasteiger partial charge in [0.05, 0.1) is 10.6 Å². The minimum Gasteiger partial charge on any atom is -0.330 e. The molecule has 0 bridgehead atoms. The molecule has 22 heavy (non-hydrogen) atoms. The van der Waals surface area contributed by atoms with Crippen molar-refractivity contribution in [2.75, 3.05) is 25.0 Å². The van der Waals surface area contributed by atoms with Gasteiger partial charge in [-0.15, -0.1) is 0 Å². The quantitative estimate of drug-likeness (QED) is 0.868. The second-order valence-corrected chi connectivity index (χ2v) is 5.70. The average Bonchev–Trinajstić information content (AvgIpc) is 2.48. The molecule has 0 saturated carbocycles. The molecule has 4 nitrogen and oxygen atoms in total. The van der Waals surface area contributed by atoms with Crippen LogP contribution in [0.2, 0.25) is 5.02 Å². The highest BCUT2D eigenvalue weighted by Crippen LogP contribution is 2.36. The summed E-state index contributed by atoms with van der Waals surface area (Å²) in [5, 5.41) is 2.09. The van der Waals surface area contributed by atoms with Crippen molar-refractivity contribution < 1.29 is 18.0 Å². The van der Waals surface area contributed by atoms with Gasteiger partial charge in [0, 0.05) is 18.8 Å². The van der Waals surface area contributed by atoms with Crippen LogP contribution in [0.4, 0.5) is 23.7 Å². The number of halogens is 4. The van der Waals surface area contributed by atoms with E-state index in [-0.39, 0.29) is 5.69 Å². The largest absolute Gasteiger partial charge is 0.417 e. The van der Waals surface area contributed by atoms with Crippen LogP contribution in [0.5, 0.6) is 0 Å². The number of rotatable bonds is 2. The highest BCUT2D eigenvalue weighted by molar-refractivity contribution is 6.31. The Hall–Kier alpha value is -1.47. The van der Waals surface area contributed by atoms with E-state index >= 15 is 0 Å². The third kappa shape index (κ3) is 4.04. The van der Waals surface area contributed by atoms with Crippen molar-refractivity contribution in [2.24, 2.45) is 11.7 Å². The number of hydrogen-bond acceptors (Lipinski definition) is 2. The molecule has 1 heterocycles. The van der Waals surface area contributed by atoms with E-state index in [0.29, 0.717) is 25.6 Å². The van der Waals surface area contributed by atoms with Crippen molar-refractivity contribution in [3.05, 3.63) is 28.8 Å². The number of urea groups is 1. The number of carbonyl (C=O) groups excluding carboxylic acids is 1. The lowest BCUT2D eigenvalue weighted by Gasteiger charge is -2.31. The van der Waals surface area contributed by atoms with Crippen molar-refractivity contribution in [1.82, 2.24) is 4.90 Å². The first-order chi connectivity index (χ1) is 10.3. The summed E-state index contributed by atoms with van der Waals surface area (Å²) in [5.41, 5.74) is 4.69. The lowest BCUT2D eigenvalue weighted by Crippen LogP contribution is -2.42. The maximum Gasteiger partial charge on any atom is 0.417 e. The van der Waals surface area contributed by atoms with E-state index in [2.05, 4.69) is 5.32 Å². The van der Waals surface area contributed by atoms with Crippen LogP contribution < -0.4 is 11.1 Å². The molecule has 0 spiro atoms. The van der Waals surface area contributed by atoms with E-state index in [1.54, 1.807) is 4.90 Å². The van der Waals surface area contributed by atoms with Crippen molar-refractivity contribution in [3.8, 4) is 0 Å². The summed E-state index contributed by atoms with van der Waals surface area (Å²) in [6.45, 7) is 1.68. The van der Waals surface area contributed by atoms with Gasteiger partial charge in [0.2, 0.25) is 0 Å². The number of benzene rings is 1. The van der Waals surface area contributed by atoms with Crippen LogP contribution >= 0.6 is 11.6 Å². The van der Waals surface area contributed by atoms with Crippen molar-refractivity contribution in [1.29, 1.82) is 0 Å². The minimum absolute atomic E-state index is 0.0719. The molecule has 1 saturated heterocycles. The second kappa shape index (κ2) is 6.75. The summed E-state index contributed by atoms with van der Waals surface area (Å²) in [6.07, 6.45) is -2.95. The van der Waals surface area contributed by atoms with Gasteiger partial charge in [0.25, 0.3) is 0 Å². The Morgan fingerprint density at radius 1 is 1.36 bits per heavy atom. The third-order valence-corrected chi connectivity index (χ3v) is 4.09. The predicted molar refractivity (Wildman–Crippen MR) is 78.8 cm³/mol. The maximum absolute atomic E-state index is 12.8. The molecule has 1 fully saturated rings. The van der Waals surface area contributed by atoms with Crippen LogP contribution in [-0.2, 0) is 6.18 Å². The molecule has 1 aromatic rings. The molecular formula is C14H17ClF3N3O. The molecule has 1 aliphatic rings. The Bertz CT molecular complexity index is 543. The monoisotopic (exact) mass is 335 g/mol. The molecule has 3 N–H and O–H groups in total. The third-order valence-electron chi connectivity index (χ3n) is 3.76. The Balaban J connectivity index is 2.03. The standard InChI is InChI=1S/C14H17ClF3N3O/c15-12-2-1-10(7-11(12)14(16,17)18)20-13(22)21-5-3-9(8-19)4-6-21/h1-2,7,9H,3-6,8,19H2,(H,20,22). The molecule has 8 heteroatoms. The Morgan fingerprint density at radius 3 is 2.55 bits per heavy atom. The Morgan fingerprint density at radius 2 is 2.00 bits per heavy atom. The summed E-state index contributed by atoms with van der Waals surface area (Å²) in [6, 6.07) is 2.90. The van der Waals surface area contributed by atoms with Gasteiger partial charge in [-0.05, 0) is 43.5 Å². The van der Waals surface area contributed by atoms with Crippen LogP contribution in [-0.4, -0.2) is 30.6 Å². The number of piperidine rings is 1. The molecule has 2 rings (SSSR count). The molecule has 2 amide bonds. The normalized spacial score (nSPS) is 16.7. The molecule has 0 radical (unpaired) electrons. The summed E-state index contributed by atoms with van der Waals surface area (Å²) < 4.78 is 38.4. The van der Waals surface area contributed by atoms with Gasteiger partial charge < -0.3 is 16.0 Å². The number of nitrogens with zero attached hydrogens (tertiary/aromatic N) is 1. The molecule has 1 aliphatic heterocycles. The van der Waals surface area contributed by atoms with Crippen molar-refractivity contribution in [2.45, 2.75) is 19.0 Å². The fourth-order valence-electron chi connectivity index (χ4n) is 2.39. The van der Waals surface area contributed by atoms with E-state index in [0.717, 1.165) is 25.0 Å². The summed E-state index contributed by atoms with van der Waals surface area (Å²) in [4.78, 5) is 13.7. The predicted octanol–water partition coefficient (Wildman–Crippen LogP) is 3.56. The van der Waals surface area contributed by atoms with Crippen molar-refractivity contribution >= 4 is 23.3 Å². The van der Waals surface area contributed by atoms with Gasteiger partial charge in [-0.3, -0.25) is 0 Å². The molecule has 0 unspecified atom stereocenters. The molecular weight excluding hydrogens is 319 g/mol. The molecule has 0 atom stereocenters. The summed E-state index contributed by atoms with van der Waals surface area (Å²) in [7, 11) is 0. The highest BCUT2D eigenvalue weighted by atomic mass is 35.5. The average molecular weight is 336 g/mol. The van der Waals surface area contributed by atoms with Crippen LogP contribution in [0, 0.1) is 5.92 Å². The molecule has 0 aromatic heterocycles. The van der Waals surface area contributed by atoms with Crippen LogP contribution in [0.15, 0.2) is 18.2 Å². The second-order valence-electron chi connectivity index (χ2n) is 5.29. The van der Waals surface area contributed by atoms with Gasteiger partial charge >= 0.3 is 12.2 Å². The number of amides is 2. The van der Waals surface area contributed by atoms with Gasteiger partial charge in [-0.2, -0.15) is 13.2 Å². The van der Waals surface area contributed by atoms with Crippen molar-refractivity contribution in [3.63, 3.8) is 0 Å². The fourth-order valence-corrected chi connectivity index (χ4v) is 2.62. The lowest BCUT2D eigenvalue weighted by molar-refractivity contribution is -0.137. The van der Waals surface area contributed by atoms with Gasteiger partial charge in [0.1, 0.15) is 0 Å². The molecule has 0 aliphatic carbocycles. The number of nitrogens with two attached hydrogens (primary N) is 1. The highest BCUT2D eigenvalue weighted by Gasteiger charge is 2.33. The molecule has 1 aromatic carbocycles. The SMILES string of the molecule is NCC1CCN(C(=O)Nc2ccc(Cl)c(C(F)(F)F)c2)CC1. The van der Waals surface area contributed by atoms with Crippen LogP contribution in [0.1, 0.15) is 18.4 Å². The zero-order valence-corrected chi connectivity index (χ0v) is 12.5. The number of nitrogens with one attached hydrogen (secondary N) is 1. The van der Waals surface area contributed by atoms with Crippen LogP contribution in [0.3, 0.4) is 0 Å². The smallest absolute Gasteiger partial charge is 0.330 e. The Labute approximate surface area is 131 Å².